The quantitative estimate of drug-likeness (QED) is 0.834. The molecule has 1 aromatic rings. The van der Waals surface area contributed by atoms with Gasteiger partial charge in [-0.05, 0) is 25.3 Å². The van der Waals surface area contributed by atoms with E-state index in [0.29, 0.717) is 5.56 Å². The van der Waals surface area contributed by atoms with Crippen molar-refractivity contribution < 1.29 is 14.4 Å². The smallest absolute Gasteiger partial charge is 0.318 e. The number of benzene rings is 1. The van der Waals surface area contributed by atoms with E-state index in [1.807, 2.05) is 6.07 Å². The van der Waals surface area contributed by atoms with Crippen molar-refractivity contribution in [2.24, 2.45) is 5.92 Å². The van der Waals surface area contributed by atoms with Crippen LogP contribution in [-0.2, 0) is 15.1 Å². The second-order valence-electron chi connectivity index (χ2n) is 6.02. The topological polar surface area (TPSA) is 78.5 Å². The number of carbonyl (C=O) groups excluding carboxylic acids is 3. The maximum absolute atomic E-state index is 12.6. The van der Waals surface area contributed by atoms with Crippen LogP contribution in [0.4, 0.5) is 4.79 Å². The summed E-state index contributed by atoms with van der Waals surface area (Å²) in [6.07, 6.45) is 3.65. The van der Waals surface area contributed by atoms with Crippen molar-refractivity contribution in [1.29, 1.82) is 0 Å². The highest BCUT2D eigenvalue weighted by Crippen LogP contribution is 2.29. The van der Waals surface area contributed by atoms with Gasteiger partial charge in [0.05, 0.1) is 0 Å². The van der Waals surface area contributed by atoms with E-state index in [9.17, 15) is 14.4 Å². The highest BCUT2D eigenvalue weighted by atomic mass is 16.2. The molecule has 0 bridgehead atoms. The largest absolute Gasteiger partial charge is 0.344 e. The van der Waals surface area contributed by atoms with E-state index < -0.39 is 17.5 Å². The lowest BCUT2D eigenvalue weighted by atomic mass is 9.92. The van der Waals surface area contributed by atoms with Crippen LogP contribution in [0.25, 0.3) is 0 Å². The first-order valence-corrected chi connectivity index (χ1v) is 7.55. The van der Waals surface area contributed by atoms with Gasteiger partial charge in [-0.2, -0.15) is 5.01 Å². The van der Waals surface area contributed by atoms with Gasteiger partial charge in [0.1, 0.15) is 5.54 Å². The first kappa shape index (κ1) is 14.6. The lowest BCUT2D eigenvalue weighted by molar-refractivity contribution is -0.140. The first-order valence-electron chi connectivity index (χ1n) is 7.55. The third-order valence-corrected chi connectivity index (χ3v) is 4.49. The number of nitrogens with one attached hydrogen (secondary N) is 2. The number of rotatable bonds is 3. The lowest BCUT2D eigenvalue weighted by Crippen LogP contribution is -2.49. The number of amides is 4. The second-order valence-corrected chi connectivity index (χ2v) is 6.02. The summed E-state index contributed by atoms with van der Waals surface area (Å²) < 4.78 is 0. The minimum absolute atomic E-state index is 0.107. The molecule has 0 radical (unpaired) electrons. The van der Waals surface area contributed by atoms with Crippen LogP contribution in [0.15, 0.2) is 30.3 Å². The van der Waals surface area contributed by atoms with E-state index in [1.54, 1.807) is 31.2 Å². The van der Waals surface area contributed by atoms with Crippen molar-refractivity contribution in [1.82, 2.24) is 15.8 Å². The summed E-state index contributed by atoms with van der Waals surface area (Å²) in [5, 5.41) is 3.48. The molecule has 1 aromatic carbocycles. The maximum atomic E-state index is 12.6. The summed E-state index contributed by atoms with van der Waals surface area (Å²) in [6.45, 7) is 1.64. The summed E-state index contributed by atoms with van der Waals surface area (Å²) in [7, 11) is 0. The van der Waals surface area contributed by atoms with Crippen LogP contribution >= 0.6 is 0 Å². The van der Waals surface area contributed by atoms with Crippen LogP contribution in [-0.4, -0.2) is 22.9 Å². The fourth-order valence-corrected chi connectivity index (χ4v) is 3.10. The van der Waals surface area contributed by atoms with Crippen molar-refractivity contribution in [3.05, 3.63) is 35.9 Å². The molecule has 1 heterocycles. The number of carbonyl (C=O) groups is 3. The molecule has 0 aromatic heterocycles. The normalized spacial score (nSPS) is 25.4. The number of nitrogens with zero attached hydrogens (tertiary/aromatic N) is 1. The first-order chi connectivity index (χ1) is 10.5. The van der Waals surface area contributed by atoms with Crippen molar-refractivity contribution in [2.75, 3.05) is 0 Å². The highest BCUT2D eigenvalue weighted by Gasteiger charge is 2.50. The molecule has 2 N–H and O–H groups in total. The molecule has 22 heavy (non-hydrogen) atoms. The van der Waals surface area contributed by atoms with E-state index in [4.69, 9.17) is 0 Å². The summed E-state index contributed by atoms with van der Waals surface area (Å²) in [4.78, 5) is 36.9. The van der Waals surface area contributed by atoms with Crippen LogP contribution in [0.5, 0.6) is 0 Å². The summed E-state index contributed by atoms with van der Waals surface area (Å²) in [5.41, 5.74) is 2.01. The van der Waals surface area contributed by atoms with Crippen LogP contribution in [0.3, 0.4) is 0 Å². The van der Waals surface area contributed by atoms with Gasteiger partial charge >= 0.3 is 6.03 Å². The Kier molecular flexibility index (Phi) is 3.60. The van der Waals surface area contributed by atoms with Crippen LogP contribution in [0.2, 0.25) is 0 Å². The second kappa shape index (κ2) is 5.44. The Labute approximate surface area is 128 Å². The Balaban J connectivity index is 1.78. The molecular formula is C16H19N3O3. The number of hydrogen-bond donors (Lipinski definition) is 2. The molecule has 116 valence electrons. The zero-order valence-electron chi connectivity index (χ0n) is 12.5. The average molecular weight is 301 g/mol. The third-order valence-electron chi connectivity index (χ3n) is 4.49. The maximum Gasteiger partial charge on any atom is 0.344 e. The molecule has 0 spiro atoms. The monoisotopic (exact) mass is 301 g/mol. The molecule has 4 amide bonds. The molecule has 1 saturated heterocycles. The molecule has 2 aliphatic rings. The zero-order chi connectivity index (χ0) is 15.7. The standard InChI is InChI=1S/C16H19N3O3/c1-16(12-9-3-2-4-10-12)14(21)19(15(22)17-16)18-13(20)11-7-5-6-8-11/h2-4,9-11H,5-8H2,1H3,(H,17,22)(H,18,20). The van der Waals surface area contributed by atoms with Gasteiger partial charge in [0, 0.05) is 5.92 Å². The van der Waals surface area contributed by atoms with Gasteiger partial charge in [0.2, 0.25) is 5.91 Å². The zero-order valence-corrected chi connectivity index (χ0v) is 12.5. The molecule has 6 nitrogen and oxygen atoms in total. The van der Waals surface area contributed by atoms with Crippen molar-refractivity contribution in [3.8, 4) is 0 Å². The van der Waals surface area contributed by atoms with Gasteiger partial charge < -0.3 is 5.32 Å². The predicted molar refractivity (Wildman–Crippen MR) is 79.3 cm³/mol. The van der Waals surface area contributed by atoms with E-state index >= 15 is 0 Å². The van der Waals surface area contributed by atoms with E-state index in [0.717, 1.165) is 30.7 Å². The number of hydrogen-bond acceptors (Lipinski definition) is 3. The minimum Gasteiger partial charge on any atom is -0.318 e. The van der Waals surface area contributed by atoms with Crippen molar-refractivity contribution in [3.63, 3.8) is 0 Å². The molecule has 1 atom stereocenters. The van der Waals surface area contributed by atoms with E-state index in [-0.39, 0.29) is 11.8 Å². The fraction of sp³-hybridized carbons (Fsp3) is 0.438. The van der Waals surface area contributed by atoms with Crippen LogP contribution in [0, 0.1) is 5.92 Å². The van der Waals surface area contributed by atoms with Gasteiger partial charge in [-0.3, -0.25) is 15.0 Å². The lowest BCUT2D eigenvalue weighted by Gasteiger charge is -2.22. The molecule has 1 saturated carbocycles. The summed E-state index contributed by atoms with van der Waals surface area (Å²) in [5.74, 6) is -0.822. The van der Waals surface area contributed by atoms with Crippen LogP contribution in [0.1, 0.15) is 38.2 Å². The Morgan fingerprint density at radius 3 is 2.50 bits per heavy atom. The average Bonchev–Trinajstić information content (AvgIpc) is 3.12. The van der Waals surface area contributed by atoms with Crippen molar-refractivity contribution in [2.45, 2.75) is 38.1 Å². The SMILES string of the molecule is CC1(c2ccccc2)NC(=O)N(NC(=O)C2CCCC2)C1=O. The van der Waals surface area contributed by atoms with Gasteiger partial charge in [-0.25, -0.2) is 4.79 Å². The van der Waals surface area contributed by atoms with Gasteiger partial charge in [-0.15, -0.1) is 0 Å². The molecule has 1 unspecified atom stereocenters. The fourth-order valence-electron chi connectivity index (χ4n) is 3.10. The Morgan fingerprint density at radius 1 is 1.23 bits per heavy atom. The highest BCUT2D eigenvalue weighted by molar-refractivity contribution is 6.08. The molecule has 2 fully saturated rings. The third kappa shape index (κ3) is 2.34. The van der Waals surface area contributed by atoms with E-state index in [2.05, 4.69) is 10.7 Å². The Hall–Kier alpha value is -2.37. The molecule has 1 aliphatic carbocycles. The van der Waals surface area contributed by atoms with Gasteiger partial charge in [0.25, 0.3) is 5.91 Å². The van der Waals surface area contributed by atoms with Gasteiger partial charge in [-0.1, -0.05) is 43.2 Å². The van der Waals surface area contributed by atoms with Crippen molar-refractivity contribution >= 4 is 17.8 Å². The predicted octanol–water partition coefficient (Wildman–Crippen LogP) is 1.68. The Bertz CT molecular complexity index is 610. The molecule has 3 rings (SSSR count). The number of hydrazine groups is 1. The van der Waals surface area contributed by atoms with E-state index in [1.165, 1.54) is 0 Å². The summed E-state index contributed by atoms with van der Waals surface area (Å²) in [6, 6.07) is 8.41. The molecular weight excluding hydrogens is 282 g/mol. The number of imide groups is 1. The summed E-state index contributed by atoms with van der Waals surface area (Å²) >= 11 is 0. The minimum atomic E-state index is -1.15. The van der Waals surface area contributed by atoms with Crippen LogP contribution < -0.4 is 10.7 Å². The number of urea groups is 1. The van der Waals surface area contributed by atoms with Gasteiger partial charge in [0.15, 0.2) is 0 Å². The Morgan fingerprint density at radius 2 is 1.86 bits per heavy atom. The molecule has 1 aliphatic heterocycles. The molecule has 6 heteroatoms.